The Morgan fingerprint density at radius 1 is 1.38 bits per heavy atom. The predicted molar refractivity (Wildman–Crippen MR) is 58.6 cm³/mol. The average molecular weight is 238 g/mol. The number of hydrogen-bond acceptors (Lipinski definition) is 4. The fraction of sp³-hybridized carbons (Fsp3) is 0.182. The second-order valence-electron chi connectivity index (χ2n) is 3.72. The van der Waals surface area contributed by atoms with Crippen LogP contribution in [0.4, 0.5) is 0 Å². The molecule has 0 unspecified atom stereocenters. The Bertz CT molecular complexity index is 596. The van der Waals surface area contributed by atoms with Crippen LogP contribution >= 0.6 is 0 Å². The van der Waals surface area contributed by atoms with E-state index in [0.717, 1.165) is 0 Å². The van der Waals surface area contributed by atoms with E-state index in [1.807, 2.05) is 0 Å². The summed E-state index contributed by atoms with van der Waals surface area (Å²) in [6.07, 6.45) is 1.34. The van der Waals surface area contributed by atoms with Crippen molar-refractivity contribution in [1.82, 2.24) is 0 Å². The van der Waals surface area contributed by atoms with E-state index >= 15 is 0 Å². The molecule has 0 amide bonds. The minimum Gasteiger partial charge on any atom is -0.508 e. The molecular formula is C11H10O4S. The highest BCUT2D eigenvalue weighted by atomic mass is 32.2. The van der Waals surface area contributed by atoms with Gasteiger partial charge in [-0.2, -0.15) is 0 Å². The van der Waals surface area contributed by atoms with Crippen molar-refractivity contribution in [2.24, 2.45) is 0 Å². The van der Waals surface area contributed by atoms with Crippen LogP contribution in [0.25, 0.3) is 6.08 Å². The predicted octanol–water partition coefficient (Wildman–Crippen LogP) is 1.50. The van der Waals surface area contributed by atoms with Gasteiger partial charge in [0.05, 0.1) is 9.80 Å². The van der Waals surface area contributed by atoms with E-state index in [9.17, 15) is 18.3 Å². The molecule has 1 N–H and O–H groups in total. The van der Waals surface area contributed by atoms with Gasteiger partial charge in [-0.1, -0.05) is 0 Å². The molecule has 1 aromatic carbocycles. The van der Waals surface area contributed by atoms with Gasteiger partial charge in [0, 0.05) is 6.42 Å². The van der Waals surface area contributed by atoms with E-state index in [2.05, 4.69) is 0 Å². The van der Waals surface area contributed by atoms with Gasteiger partial charge in [0.2, 0.25) is 9.84 Å². The number of carbonyl (C=O) groups excluding carboxylic acids is 1. The van der Waals surface area contributed by atoms with Crippen molar-refractivity contribution in [1.29, 1.82) is 0 Å². The Balaban J connectivity index is 2.56. The third-order valence-electron chi connectivity index (χ3n) is 2.37. The number of phenols is 1. The zero-order valence-electron chi connectivity index (χ0n) is 8.60. The van der Waals surface area contributed by atoms with Gasteiger partial charge in [-0.3, -0.25) is 4.79 Å². The summed E-state index contributed by atoms with van der Waals surface area (Å²) in [6.45, 7) is 1.34. The van der Waals surface area contributed by atoms with Crippen LogP contribution in [0.2, 0.25) is 0 Å². The van der Waals surface area contributed by atoms with Crippen LogP contribution in [0.1, 0.15) is 18.9 Å². The van der Waals surface area contributed by atoms with Gasteiger partial charge in [0.25, 0.3) is 0 Å². The maximum Gasteiger partial charge on any atom is 0.203 e. The summed E-state index contributed by atoms with van der Waals surface area (Å²) in [5, 5.41) is 9.24. The van der Waals surface area contributed by atoms with Crippen molar-refractivity contribution < 1.29 is 18.3 Å². The number of phenolic OH excluding ortho intramolecular Hbond substituents is 1. The van der Waals surface area contributed by atoms with Crippen LogP contribution in [0.3, 0.4) is 0 Å². The van der Waals surface area contributed by atoms with Gasteiger partial charge in [-0.15, -0.1) is 0 Å². The van der Waals surface area contributed by atoms with Crippen LogP contribution in [-0.4, -0.2) is 19.3 Å². The van der Waals surface area contributed by atoms with Crippen LogP contribution in [0.15, 0.2) is 28.0 Å². The number of hydrogen-bond donors (Lipinski definition) is 1. The van der Waals surface area contributed by atoms with Crippen LogP contribution in [-0.2, 0) is 14.6 Å². The number of ketones is 1. The Hall–Kier alpha value is -1.62. The van der Waals surface area contributed by atoms with Crippen molar-refractivity contribution >= 4 is 21.7 Å². The second kappa shape index (κ2) is 3.45. The van der Waals surface area contributed by atoms with Gasteiger partial charge in [-0.25, -0.2) is 8.42 Å². The van der Waals surface area contributed by atoms with Crippen molar-refractivity contribution in [2.45, 2.75) is 18.2 Å². The quantitative estimate of drug-likeness (QED) is 0.847. The maximum atomic E-state index is 11.9. The largest absolute Gasteiger partial charge is 0.508 e. The zero-order chi connectivity index (χ0) is 11.9. The molecule has 0 fully saturated rings. The lowest BCUT2D eigenvalue weighted by Crippen LogP contribution is -2.03. The third-order valence-corrected chi connectivity index (χ3v) is 4.27. The Morgan fingerprint density at radius 2 is 2.06 bits per heavy atom. The number of benzene rings is 1. The molecule has 0 aliphatic carbocycles. The topological polar surface area (TPSA) is 71.4 Å². The van der Waals surface area contributed by atoms with Gasteiger partial charge < -0.3 is 5.11 Å². The molecule has 2 rings (SSSR count). The molecule has 0 aromatic heterocycles. The van der Waals surface area contributed by atoms with Crippen LogP contribution in [0, 0.1) is 0 Å². The van der Waals surface area contributed by atoms with E-state index in [1.54, 1.807) is 0 Å². The molecule has 5 heteroatoms. The number of Topliss-reactive ketones (excluding diaryl/α,β-unsaturated/α-hetero) is 1. The first kappa shape index (κ1) is 10.9. The van der Waals surface area contributed by atoms with E-state index in [1.165, 1.54) is 31.2 Å². The summed E-state index contributed by atoms with van der Waals surface area (Å²) in [5.74, 6) is -0.193. The van der Waals surface area contributed by atoms with Crippen molar-refractivity contribution in [3.05, 3.63) is 28.7 Å². The highest BCUT2D eigenvalue weighted by molar-refractivity contribution is 7.95. The molecule has 0 spiro atoms. The first-order chi connectivity index (χ1) is 7.41. The van der Waals surface area contributed by atoms with Gasteiger partial charge in [0.1, 0.15) is 11.5 Å². The lowest BCUT2D eigenvalue weighted by molar-refractivity contribution is -0.116. The maximum absolute atomic E-state index is 11.9. The lowest BCUT2D eigenvalue weighted by atomic mass is 10.2. The van der Waals surface area contributed by atoms with Crippen molar-refractivity contribution in [2.75, 3.05) is 0 Å². The summed E-state index contributed by atoms with van der Waals surface area (Å²) < 4.78 is 23.9. The molecule has 0 bridgehead atoms. The monoisotopic (exact) mass is 238 g/mol. The first-order valence-corrected chi connectivity index (χ1v) is 6.17. The number of allylic oxidation sites excluding steroid dienone is 1. The standard InChI is InChI=1S/C11H10O4S/c1-7(12)4-10-6-8-5-9(13)2-3-11(8)16(10,14)15/h2-3,5-6,13H,4H2,1H3. The molecule has 1 aliphatic rings. The summed E-state index contributed by atoms with van der Waals surface area (Å²) >= 11 is 0. The first-order valence-electron chi connectivity index (χ1n) is 4.69. The second-order valence-corrected chi connectivity index (χ2v) is 5.69. The van der Waals surface area contributed by atoms with E-state index in [4.69, 9.17) is 0 Å². The summed E-state index contributed by atoms with van der Waals surface area (Å²) in [6, 6.07) is 4.05. The highest BCUT2D eigenvalue weighted by Gasteiger charge is 2.30. The average Bonchev–Trinajstić information content (AvgIpc) is 2.37. The molecule has 0 saturated carbocycles. The number of rotatable bonds is 2. The van der Waals surface area contributed by atoms with Crippen molar-refractivity contribution in [3.63, 3.8) is 0 Å². The Labute approximate surface area is 93.1 Å². The van der Waals surface area contributed by atoms with Crippen LogP contribution in [0.5, 0.6) is 5.75 Å². The molecular weight excluding hydrogens is 228 g/mol. The summed E-state index contributed by atoms with van der Waals surface area (Å²) in [5.41, 5.74) is 0.441. The van der Waals surface area contributed by atoms with E-state index in [-0.39, 0.29) is 27.8 Å². The van der Waals surface area contributed by atoms with Gasteiger partial charge >= 0.3 is 0 Å². The molecule has 16 heavy (non-hydrogen) atoms. The zero-order valence-corrected chi connectivity index (χ0v) is 9.41. The number of carbonyl (C=O) groups is 1. The fourth-order valence-corrected chi connectivity index (χ4v) is 3.31. The minimum atomic E-state index is -3.53. The lowest BCUT2D eigenvalue weighted by Gasteiger charge is -2.01. The third kappa shape index (κ3) is 1.63. The normalized spacial score (nSPS) is 16.7. The molecule has 4 nitrogen and oxygen atoms in total. The number of sulfone groups is 1. The smallest absolute Gasteiger partial charge is 0.203 e. The Kier molecular flexibility index (Phi) is 2.35. The van der Waals surface area contributed by atoms with Gasteiger partial charge in [0.15, 0.2) is 0 Å². The molecule has 0 radical (unpaired) electrons. The minimum absolute atomic E-state index is 0.00859. The SMILES string of the molecule is CC(=O)CC1=Cc2cc(O)ccc2S1(=O)=O. The summed E-state index contributed by atoms with van der Waals surface area (Å²) in [7, 11) is -3.53. The molecule has 1 heterocycles. The highest BCUT2D eigenvalue weighted by Crippen LogP contribution is 2.36. The van der Waals surface area contributed by atoms with Crippen molar-refractivity contribution in [3.8, 4) is 5.75 Å². The molecule has 84 valence electrons. The number of aromatic hydroxyl groups is 1. The molecule has 0 atom stereocenters. The van der Waals surface area contributed by atoms with Gasteiger partial charge in [-0.05, 0) is 36.8 Å². The molecule has 1 aromatic rings. The molecule has 0 saturated heterocycles. The fourth-order valence-electron chi connectivity index (χ4n) is 1.68. The Morgan fingerprint density at radius 3 is 2.69 bits per heavy atom. The summed E-state index contributed by atoms with van der Waals surface area (Å²) in [4.78, 5) is 11.2. The van der Waals surface area contributed by atoms with Crippen LogP contribution < -0.4 is 0 Å². The molecule has 1 aliphatic heterocycles. The van der Waals surface area contributed by atoms with E-state index < -0.39 is 9.84 Å². The number of fused-ring (bicyclic) bond motifs is 1. The van der Waals surface area contributed by atoms with E-state index in [0.29, 0.717) is 5.56 Å².